The summed E-state index contributed by atoms with van der Waals surface area (Å²) in [4.78, 5) is 11.7. The molecule has 0 aliphatic heterocycles. The van der Waals surface area contributed by atoms with Gasteiger partial charge >= 0.3 is 0 Å². The van der Waals surface area contributed by atoms with E-state index in [-0.39, 0.29) is 30.5 Å². The summed E-state index contributed by atoms with van der Waals surface area (Å²) in [6.07, 6.45) is 0. The molecule has 6 nitrogen and oxygen atoms in total. The van der Waals surface area contributed by atoms with Crippen LogP contribution in [0.4, 0.5) is 0 Å². The van der Waals surface area contributed by atoms with Crippen LogP contribution in [0.5, 0.6) is 5.75 Å². The highest BCUT2D eigenvalue weighted by Gasteiger charge is 2.11. The predicted octanol–water partition coefficient (Wildman–Crippen LogP) is 2.61. The van der Waals surface area contributed by atoms with Crippen LogP contribution < -0.4 is 14.8 Å². The van der Waals surface area contributed by atoms with Crippen molar-refractivity contribution in [1.29, 1.82) is 0 Å². The summed E-state index contributed by atoms with van der Waals surface area (Å²) >= 11 is 11.7. The number of hydrogen-bond acceptors (Lipinski definition) is 4. The molecule has 2 N–H and O–H groups in total. The second-order valence-electron chi connectivity index (χ2n) is 5.34. The van der Waals surface area contributed by atoms with Crippen molar-refractivity contribution in [3.63, 3.8) is 0 Å². The molecule has 140 valence electrons. The lowest BCUT2D eigenvalue weighted by molar-refractivity contribution is -0.122. The number of hydrogen-bond donors (Lipinski definition) is 2. The van der Waals surface area contributed by atoms with Crippen LogP contribution in [0.15, 0.2) is 48.5 Å². The Morgan fingerprint density at radius 1 is 1.08 bits per heavy atom. The zero-order valence-corrected chi connectivity index (χ0v) is 16.1. The van der Waals surface area contributed by atoms with Gasteiger partial charge in [0.15, 0.2) is 6.61 Å². The van der Waals surface area contributed by atoms with E-state index in [2.05, 4.69) is 10.0 Å². The summed E-state index contributed by atoms with van der Waals surface area (Å²) in [6.45, 7) is -0.102. The van der Waals surface area contributed by atoms with E-state index in [4.69, 9.17) is 27.9 Å². The maximum atomic E-state index is 11.9. The average Bonchev–Trinajstić information content (AvgIpc) is 2.60. The number of carbonyl (C=O) groups is 1. The third kappa shape index (κ3) is 7.21. The lowest BCUT2D eigenvalue weighted by Gasteiger charge is -2.10. The average molecular weight is 417 g/mol. The number of carbonyl (C=O) groups excluding carboxylic acids is 1. The molecule has 2 rings (SSSR count). The molecule has 9 heteroatoms. The summed E-state index contributed by atoms with van der Waals surface area (Å²) in [5, 5.41) is 3.23. The third-order valence-corrected chi connectivity index (χ3v) is 5.14. The minimum absolute atomic E-state index is 0.0271. The molecule has 0 aliphatic rings. The molecule has 0 saturated carbocycles. The van der Waals surface area contributed by atoms with Gasteiger partial charge in [0.25, 0.3) is 5.91 Å². The number of rotatable bonds is 9. The SMILES string of the molecule is O=C(COc1ccc(Cl)cc1Cl)NCCS(=O)(=O)NCc1ccccc1. The number of halogens is 2. The van der Waals surface area contributed by atoms with E-state index in [0.717, 1.165) is 5.56 Å². The number of nitrogens with one attached hydrogen (secondary N) is 2. The van der Waals surface area contributed by atoms with Gasteiger partial charge in [0.1, 0.15) is 5.75 Å². The van der Waals surface area contributed by atoms with Crippen LogP contribution in [0.2, 0.25) is 10.0 Å². The van der Waals surface area contributed by atoms with Gasteiger partial charge in [0.2, 0.25) is 10.0 Å². The molecule has 0 bridgehead atoms. The highest BCUT2D eigenvalue weighted by Crippen LogP contribution is 2.27. The van der Waals surface area contributed by atoms with Gasteiger partial charge in [-0.25, -0.2) is 13.1 Å². The lowest BCUT2D eigenvalue weighted by Crippen LogP contribution is -2.36. The molecule has 0 radical (unpaired) electrons. The van der Waals surface area contributed by atoms with E-state index >= 15 is 0 Å². The Bertz CT molecular complexity index is 845. The quantitative estimate of drug-likeness (QED) is 0.657. The lowest BCUT2D eigenvalue weighted by atomic mass is 10.2. The monoisotopic (exact) mass is 416 g/mol. The maximum absolute atomic E-state index is 11.9. The number of ether oxygens (including phenoxy) is 1. The van der Waals surface area contributed by atoms with Gasteiger partial charge in [0, 0.05) is 18.1 Å². The van der Waals surface area contributed by atoms with Crippen molar-refractivity contribution in [3.8, 4) is 5.75 Å². The van der Waals surface area contributed by atoms with E-state index in [1.807, 2.05) is 30.3 Å². The molecule has 1 amide bonds. The van der Waals surface area contributed by atoms with E-state index in [1.165, 1.54) is 6.07 Å². The van der Waals surface area contributed by atoms with Crippen molar-refractivity contribution in [2.45, 2.75) is 6.54 Å². The van der Waals surface area contributed by atoms with Gasteiger partial charge in [-0.05, 0) is 23.8 Å². The van der Waals surface area contributed by atoms with E-state index in [1.54, 1.807) is 12.1 Å². The highest BCUT2D eigenvalue weighted by atomic mass is 35.5. The topological polar surface area (TPSA) is 84.5 Å². The van der Waals surface area contributed by atoms with E-state index in [9.17, 15) is 13.2 Å². The Morgan fingerprint density at radius 2 is 1.81 bits per heavy atom. The summed E-state index contributed by atoms with van der Waals surface area (Å²) < 4.78 is 31.6. The first-order valence-electron chi connectivity index (χ1n) is 7.71. The standard InChI is InChI=1S/C17H18Cl2N2O4S/c18-14-6-7-16(15(19)10-14)25-12-17(22)20-8-9-26(23,24)21-11-13-4-2-1-3-5-13/h1-7,10,21H,8-9,11-12H2,(H,20,22). The van der Waals surface area contributed by atoms with Crippen LogP contribution in [0.25, 0.3) is 0 Å². The molecule has 0 heterocycles. The molecule has 0 atom stereocenters. The van der Waals surface area contributed by atoms with Gasteiger partial charge in [-0.3, -0.25) is 4.79 Å². The van der Waals surface area contributed by atoms with Gasteiger partial charge in [0.05, 0.1) is 10.8 Å². The van der Waals surface area contributed by atoms with Crippen LogP contribution in [0.3, 0.4) is 0 Å². The minimum Gasteiger partial charge on any atom is -0.482 e. The van der Waals surface area contributed by atoms with Crippen LogP contribution in [0.1, 0.15) is 5.56 Å². The number of sulfonamides is 1. The first-order chi connectivity index (χ1) is 12.4. The molecule has 0 spiro atoms. The highest BCUT2D eigenvalue weighted by molar-refractivity contribution is 7.89. The second-order valence-corrected chi connectivity index (χ2v) is 8.11. The van der Waals surface area contributed by atoms with Gasteiger partial charge < -0.3 is 10.1 Å². The Labute approximate surface area is 162 Å². The Hall–Kier alpha value is -1.80. The van der Waals surface area contributed by atoms with Crippen molar-refractivity contribution in [1.82, 2.24) is 10.0 Å². The summed E-state index contributed by atoms with van der Waals surface area (Å²) in [5.41, 5.74) is 0.855. The van der Waals surface area contributed by atoms with Crippen molar-refractivity contribution in [2.24, 2.45) is 0 Å². The largest absolute Gasteiger partial charge is 0.482 e. The van der Waals surface area contributed by atoms with E-state index < -0.39 is 15.9 Å². The summed E-state index contributed by atoms with van der Waals surface area (Å²) in [7, 11) is -3.50. The molecular weight excluding hydrogens is 399 g/mol. The van der Waals surface area contributed by atoms with Gasteiger partial charge in [-0.2, -0.15) is 0 Å². The molecule has 2 aromatic carbocycles. The molecule has 0 fully saturated rings. The molecule has 0 unspecified atom stereocenters. The second kappa shape index (κ2) is 9.78. The Kier molecular flexibility index (Phi) is 7.71. The van der Waals surface area contributed by atoms with Gasteiger partial charge in [-0.1, -0.05) is 53.5 Å². The van der Waals surface area contributed by atoms with Crippen molar-refractivity contribution < 1.29 is 17.9 Å². The summed E-state index contributed by atoms with van der Waals surface area (Å²) in [5.74, 6) is -0.356. The predicted molar refractivity (Wildman–Crippen MR) is 102 cm³/mol. The molecule has 2 aromatic rings. The normalized spacial score (nSPS) is 11.2. The smallest absolute Gasteiger partial charge is 0.257 e. The molecule has 0 aliphatic carbocycles. The Morgan fingerprint density at radius 3 is 2.50 bits per heavy atom. The van der Waals surface area contributed by atoms with Crippen molar-refractivity contribution in [2.75, 3.05) is 18.9 Å². The van der Waals surface area contributed by atoms with Crippen LogP contribution >= 0.6 is 23.2 Å². The third-order valence-electron chi connectivity index (χ3n) is 3.28. The zero-order valence-electron chi connectivity index (χ0n) is 13.7. The first kappa shape index (κ1) is 20.5. The Balaban J connectivity index is 1.70. The fourth-order valence-corrected chi connectivity index (χ4v) is 3.34. The molecule has 26 heavy (non-hydrogen) atoms. The first-order valence-corrected chi connectivity index (χ1v) is 10.1. The van der Waals surface area contributed by atoms with Crippen LogP contribution in [-0.2, 0) is 21.4 Å². The molecular formula is C17H18Cl2N2O4S. The van der Waals surface area contributed by atoms with Gasteiger partial charge in [-0.15, -0.1) is 0 Å². The van der Waals surface area contributed by atoms with E-state index in [0.29, 0.717) is 10.8 Å². The van der Waals surface area contributed by atoms with Crippen molar-refractivity contribution in [3.05, 3.63) is 64.1 Å². The number of benzene rings is 2. The molecule has 0 saturated heterocycles. The zero-order chi connectivity index (χ0) is 19.0. The number of amides is 1. The molecule has 0 aromatic heterocycles. The maximum Gasteiger partial charge on any atom is 0.257 e. The fourth-order valence-electron chi connectivity index (χ4n) is 1.97. The van der Waals surface area contributed by atoms with Crippen LogP contribution in [0, 0.1) is 0 Å². The summed E-state index contributed by atoms with van der Waals surface area (Å²) in [6, 6.07) is 13.8. The fraction of sp³-hybridized carbons (Fsp3) is 0.235. The minimum atomic E-state index is -3.50. The van der Waals surface area contributed by atoms with Crippen LogP contribution in [-0.4, -0.2) is 33.2 Å². The van der Waals surface area contributed by atoms with Crippen molar-refractivity contribution >= 4 is 39.1 Å².